The molecule has 0 aliphatic carbocycles. The molecule has 1 aromatic carbocycles. The number of fused-ring (bicyclic) bond motifs is 2. The Morgan fingerprint density at radius 2 is 1.89 bits per heavy atom. The maximum atomic E-state index is 11.9. The van der Waals surface area contributed by atoms with Gasteiger partial charge in [0.2, 0.25) is 0 Å². The number of carbonyl (C=O) groups is 1. The lowest BCUT2D eigenvalue weighted by atomic mass is 10.0. The van der Waals surface area contributed by atoms with Gasteiger partial charge in [0.05, 0.1) is 19.8 Å². The number of hydrogen-bond acceptors (Lipinski definition) is 4. The zero-order chi connectivity index (χ0) is 12.5. The summed E-state index contributed by atoms with van der Waals surface area (Å²) < 4.78 is 16.7. The summed E-state index contributed by atoms with van der Waals surface area (Å²) in [6, 6.07) is 3.73. The summed E-state index contributed by atoms with van der Waals surface area (Å²) in [5.74, 6) is 1.79. The minimum Gasteiger partial charge on any atom is -0.489 e. The van der Waals surface area contributed by atoms with E-state index in [1.54, 1.807) is 6.07 Å². The van der Waals surface area contributed by atoms with Crippen LogP contribution in [0, 0.1) is 5.92 Å². The molecule has 0 aromatic heterocycles. The van der Waals surface area contributed by atoms with Crippen molar-refractivity contribution in [3.05, 3.63) is 23.3 Å². The van der Waals surface area contributed by atoms with E-state index < -0.39 is 0 Å². The highest BCUT2D eigenvalue weighted by Gasteiger charge is 2.22. The van der Waals surface area contributed by atoms with Gasteiger partial charge >= 0.3 is 0 Å². The van der Waals surface area contributed by atoms with Crippen LogP contribution in [0.4, 0.5) is 0 Å². The largest absolute Gasteiger partial charge is 0.489 e. The molecule has 4 heteroatoms. The second kappa shape index (κ2) is 4.61. The van der Waals surface area contributed by atoms with Gasteiger partial charge in [-0.25, -0.2) is 0 Å². The second-order valence-corrected chi connectivity index (χ2v) is 4.91. The summed E-state index contributed by atoms with van der Waals surface area (Å²) in [6.45, 7) is 4.08. The monoisotopic (exact) mass is 248 g/mol. The average Bonchev–Trinajstić information content (AvgIpc) is 2.66. The second-order valence-electron chi connectivity index (χ2n) is 4.91. The minimum absolute atomic E-state index is 0.0196. The van der Waals surface area contributed by atoms with Crippen LogP contribution in [-0.2, 0) is 11.2 Å². The highest BCUT2D eigenvalue weighted by molar-refractivity contribution is 5.99. The van der Waals surface area contributed by atoms with E-state index in [2.05, 4.69) is 6.92 Å². The van der Waals surface area contributed by atoms with Crippen LogP contribution in [0.1, 0.15) is 22.8 Å². The summed E-state index contributed by atoms with van der Waals surface area (Å²) in [7, 11) is 0. The number of carbonyl (C=O) groups excluding carboxylic acids is 1. The first-order valence-corrected chi connectivity index (χ1v) is 6.27. The van der Waals surface area contributed by atoms with Crippen LogP contribution >= 0.6 is 0 Å². The van der Waals surface area contributed by atoms with Gasteiger partial charge in [0.25, 0.3) is 0 Å². The molecule has 0 saturated heterocycles. The first-order valence-electron chi connectivity index (χ1n) is 6.27. The molecule has 0 N–H and O–H groups in total. The van der Waals surface area contributed by atoms with Gasteiger partial charge in [0.1, 0.15) is 6.61 Å². The Labute approximate surface area is 106 Å². The zero-order valence-electron chi connectivity index (χ0n) is 10.4. The Morgan fingerprint density at radius 3 is 2.67 bits per heavy atom. The Balaban J connectivity index is 2.02. The minimum atomic E-state index is 0.0196. The standard InChI is InChI=1S/C14H16O4/c1-9-6-17-13-4-10-2-3-16-8-12(15)11(10)5-14(13)18-7-9/h4-5,9H,2-3,6-8H2,1H3. The lowest BCUT2D eigenvalue weighted by Gasteiger charge is -2.11. The molecule has 96 valence electrons. The van der Waals surface area contributed by atoms with Crippen LogP contribution < -0.4 is 9.47 Å². The summed E-state index contributed by atoms with van der Waals surface area (Å²) in [4.78, 5) is 11.9. The number of hydrogen-bond donors (Lipinski definition) is 0. The quantitative estimate of drug-likeness (QED) is 0.703. The highest BCUT2D eigenvalue weighted by Crippen LogP contribution is 2.34. The number of benzene rings is 1. The molecule has 1 atom stereocenters. The highest BCUT2D eigenvalue weighted by atomic mass is 16.5. The van der Waals surface area contributed by atoms with Gasteiger partial charge < -0.3 is 14.2 Å². The fourth-order valence-corrected chi connectivity index (χ4v) is 2.23. The molecular weight excluding hydrogens is 232 g/mol. The molecule has 0 radical (unpaired) electrons. The Hall–Kier alpha value is -1.55. The van der Waals surface area contributed by atoms with E-state index in [0.717, 1.165) is 17.7 Å². The van der Waals surface area contributed by atoms with E-state index in [9.17, 15) is 4.79 Å². The number of ketones is 1. The first kappa shape index (κ1) is 11.5. The van der Waals surface area contributed by atoms with E-state index in [1.807, 2.05) is 6.07 Å². The predicted molar refractivity (Wildman–Crippen MR) is 65.4 cm³/mol. The predicted octanol–water partition coefficient (Wildman–Crippen LogP) is 1.85. The summed E-state index contributed by atoms with van der Waals surface area (Å²) in [5, 5.41) is 0. The molecule has 1 unspecified atom stereocenters. The van der Waals surface area contributed by atoms with Crippen molar-refractivity contribution in [2.75, 3.05) is 26.4 Å². The molecule has 1 aromatic rings. The molecule has 0 bridgehead atoms. The smallest absolute Gasteiger partial charge is 0.188 e. The lowest BCUT2D eigenvalue weighted by molar-refractivity contribution is 0.0788. The van der Waals surface area contributed by atoms with Crippen molar-refractivity contribution >= 4 is 5.78 Å². The van der Waals surface area contributed by atoms with Gasteiger partial charge in [-0.3, -0.25) is 4.79 Å². The normalized spacial score (nSPS) is 22.9. The molecule has 2 aliphatic heterocycles. The van der Waals surface area contributed by atoms with Crippen LogP contribution in [-0.4, -0.2) is 32.2 Å². The summed E-state index contributed by atoms with van der Waals surface area (Å²) >= 11 is 0. The van der Waals surface area contributed by atoms with Crippen molar-refractivity contribution in [3.63, 3.8) is 0 Å². The third-order valence-electron chi connectivity index (χ3n) is 3.27. The van der Waals surface area contributed by atoms with E-state index >= 15 is 0 Å². The SMILES string of the molecule is CC1COc2cc3c(cc2OC1)C(=O)COCC3. The van der Waals surface area contributed by atoms with Gasteiger partial charge in [0.15, 0.2) is 17.3 Å². The van der Waals surface area contributed by atoms with Crippen molar-refractivity contribution in [2.45, 2.75) is 13.3 Å². The van der Waals surface area contributed by atoms with Crippen molar-refractivity contribution < 1.29 is 19.0 Å². The number of Topliss-reactive ketones (excluding diaryl/α,β-unsaturated/α-hetero) is 1. The van der Waals surface area contributed by atoms with Crippen molar-refractivity contribution in [1.82, 2.24) is 0 Å². The molecule has 2 heterocycles. The van der Waals surface area contributed by atoms with Crippen molar-refractivity contribution in [3.8, 4) is 11.5 Å². The zero-order valence-corrected chi connectivity index (χ0v) is 10.4. The van der Waals surface area contributed by atoms with E-state index in [4.69, 9.17) is 14.2 Å². The summed E-state index contributed by atoms with van der Waals surface area (Å²) in [6.07, 6.45) is 0.743. The van der Waals surface area contributed by atoms with Crippen LogP contribution in [0.2, 0.25) is 0 Å². The molecule has 2 aliphatic rings. The fraction of sp³-hybridized carbons (Fsp3) is 0.500. The molecule has 4 nitrogen and oxygen atoms in total. The van der Waals surface area contributed by atoms with Crippen LogP contribution in [0.5, 0.6) is 11.5 Å². The molecule has 18 heavy (non-hydrogen) atoms. The third-order valence-corrected chi connectivity index (χ3v) is 3.27. The van der Waals surface area contributed by atoms with Crippen LogP contribution in [0.15, 0.2) is 12.1 Å². The molecular formula is C14H16O4. The lowest BCUT2D eigenvalue weighted by Crippen LogP contribution is -2.12. The first-order chi connectivity index (χ1) is 8.74. The van der Waals surface area contributed by atoms with Gasteiger partial charge in [-0.1, -0.05) is 6.92 Å². The van der Waals surface area contributed by atoms with Gasteiger partial charge in [-0.15, -0.1) is 0 Å². The maximum Gasteiger partial charge on any atom is 0.188 e. The molecule has 0 amide bonds. The molecule has 3 rings (SSSR count). The van der Waals surface area contributed by atoms with Gasteiger partial charge in [-0.2, -0.15) is 0 Å². The van der Waals surface area contributed by atoms with Crippen molar-refractivity contribution in [2.24, 2.45) is 5.92 Å². The number of ether oxygens (including phenoxy) is 3. The van der Waals surface area contributed by atoms with Gasteiger partial charge in [0, 0.05) is 11.5 Å². The summed E-state index contributed by atoms with van der Waals surface area (Å²) in [5.41, 5.74) is 1.71. The van der Waals surface area contributed by atoms with Crippen LogP contribution in [0.3, 0.4) is 0 Å². The molecule has 0 saturated carbocycles. The van der Waals surface area contributed by atoms with Gasteiger partial charge in [-0.05, 0) is 24.1 Å². The molecule has 0 spiro atoms. The third kappa shape index (κ3) is 2.08. The van der Waals surface area contributed by atoms with E-state index in [1.165, 1.54) is 0 Å². The maximum absolute atomic E-state index is 11.9. The van der Waals surface area contributed by atoms with Crippen LogP contribution in [0.25, 0.3) is 0 Å². The van der Waals surface area contributed by atoms with Crippen molar-refractivity contribution in [1.29, 1.82) is 0 Å². The average molecular weight is 248 g/mol. The topological polar surface area (TPSA) is 44.8 Å². The molecule has 0 fully saturated rings. The fourth-order valence-electron chi connectivity index (χ4n) is 2.23. The number of rotatable bonds is 0. The van der Waals surface area contributed by atoms with E-state index in [0.29, 0.717) is 37.1 Å². The Kier molecular flexibility index (Phi) is 2.96. The van der Waals surface area contributed by atoms with E-state index in [-0.39, 0.29) is 12.4 Å². The Bertz CT molecular complexity index is 481. The Morgan fingerprint density at radius 1 is 1.17 bits per heavy atom.